The van der Waals surface area contributed by atoms with Crippen LogP contribution in [-0.2, 0) is 6.54 Å². The zero-order valence-corrected chi connectivity index (χ0v) is 13.0. The van der Waals surface area contributed by atoms with E-state index in [0.717, 1.165) is 6.54 Å². The lowest BCUT2D eigenvalue weighted by Crippen LogP contribution is -2.47. The van der Waals surface area contributed by atoms with Gasteiger partial charge in [-0.05, 0) is 46.8 Å². The summed E-state index contributed by atoms with van der Waals surface area (Å²) in [6.45, 7) is 7.97. The zero-order chi connectivity index (χ0) is 12.3. The number of halogens is 1. The van der Waals surface area contributed by atoms with Crippen LogP contribution in [-0.4, -0.2) is 30.1 Å². The summed E-state index contributed by atoms with van der Waals surface area (Å²) in [5.74, 6) is 0. The number of piperidine rings is 1. The van der Waals surface area contributed by atoms with Crippen molar-refractivity contribution < 1.29 is 0 Å². The minimum absolute atomic E-state index is 0.591. The van der Waals surface area contributed by atoms with Gasteiger partial charge in [-0.1, -0.05) is 13.8 Å². The van der Waals surface area contributed by atoms with Crippen molar-refractivity contribution in [2.45, 2.75) is 45.3 Å². The van der Waals surface area contributed by atoms with E-state index in [0.29, 0.717) is 12.1 Å². The van der Waals surface area contributed by atoms with E-state index >= 15 is 0 Å². The molecule has 96 valence electrons. The van der Waals surface area contributed by atoms with Crippen LogP contribution < -0.4 is 5.32 Å². The van der Waals surface area contributed by atoms with Crippen molar-refractivity contribution in [1.82, 2.24) is 10.2 Å². The van der Waals surface area contributed by atoms with Gasteiger partial charge in [-0.25, -0.2) is 0 Å². The van der Waals surface area contributed by atoms with Crippen molar-refractivity contribution in [2.75, 3.05) is 13.1 Å². The maximum atomic E-state index is 3.66. The molecule has 2 nitrogen and oxygen atoms in total. The fourth-order valence-electron chi connectivity index (χ4n) is 2.45. The van der Waals surface area contributed by atoms with Gasteiger partial charge in [0, 0.05) is 34.5 Å². The monoisotopic (exact) mass is 316 g/mol. The molecule has 1 aliphatic heterocycles. The third-order valence-electron chi connectivity index (χ3n) is 3.13. The molecular formula is C13H21BrN2S. The minimum atomic E-state index is 0.591. The van der Waals surface area contributed by atoms with Crippen LogP contribution in [0.25, 0.3) is 0 Å². The number of likely N-dealkylation sites (tertiary alicyclic amines) is 1. The molecule has 17 heavy (non-hydrogen) atoms. The fourth-order valence-corrected chi connectivity index (χ4v) is 3.97. The number of nitrogens with one attached hydrogen (secondary N) is 1. The first kappa shape index (κ1) is 13.5. The summed E-state index contributed by atoms with van der Waals surface area (Å²) >= 11 is 5.47. The normalized spacial score (nSPS) is 22.2. The Balaban J connectivity index is 1.87. The molecule has 1 atom stereocenters. The summed E-state index contributed by atoms with van der Waals surface area (Å²) in [6, 6.07) is 3.41. The second-order valence-corrected chi connectivity index (χ2v) is 6.94. The molecule has 0 bridgehead atoms. The predicted molar refractivity (Wildman–Crippen MR) is 78.6 cm³/mol. The highest BCUT2D eigenvalue weighted by Crippen LogP contribution is 2.25. The van der Waals surface area contributed by atoms with E-state index in [-0.39, 0.29) is 0 Å². The molecule has 0 aliphatic carbocycles. The van der Waals surface area contributed by atoms with Crippen molar-refractivity contribution in [3.05, 3.63) is 20.8 Å². The molecule has 0 saturated carbocycles. The number of hydrogen-bond acceptors (Lipinski definition) is 3. The Morgan fingerprint density at radius 2 is 2.41 bits per heavy atom. The lowest BCUT2D eigenvalue weighted by Gasteiger charge is -2.34. The Morgan fingerprint density at radius 3 is 3.06 bits per heavy atom. The van der Waals surface area contributed by atoms with E-state index < -0.39 is 0 Å². The molecule has 1 unspecified atom stereocenters. The fraction of sp³-hybridized carbons (Fsp3) is 0.692. The SMILES string of the molecule is CC(C)NC1CCCN(Cc2sccc2Br)C1. The van der Waals surface area contributed by atoms with E-state index in [1.54, 1.807) is 0 Å². The van der Waals surface area contributed by atoms with Crippen LogP contribution in [0.2, 0.25) is 0 Å². The number of thiophene rings is 1. The van der Waals surface area contributed by atoms with Crippen molar-refractivity contribution in [1.29, 1.82) is 0 Å². The summed E-state index contributed by atoms with van der Waals surface area (Å²) in [4.78, 5) is 4.02. The third-order valence-corrected chi connectivity index (χ3v) is 5.04. The van der Waals surface area contributed by atoms with Gasteiger partial charge in [0.05, 0.1) is 0 Å². The average Bonchev–Trinajstić information content (AvgIpc) is 2.64. The molecular weight excluding hydrogens is 296 g/mol. The van der Waals surface area contributed by atoms with Gasteiger partial charge in [0.15, 0.2) is 0 Å². The highest BCUT2D eigenvalue weighted by Gasteiger charge is 2.20. The molecule has 0 aromatic carbocycles. The van der Waals surface area contributed by atoms with E-state index in [2.05, 4.69) is 51.4 Å². The molecule has 1 aliphatic rings. The predicted octanol–water partition coefficient (Wildman–Crippen LogP) is 3.47. The Hall–Kier alpha value is 0.100. The van der Waals surface area contributed by atoms with Crippen LogP contribution >= 0.6 is 27.3 Å². The van der Waals surface area contributed by atoms with Crippen LogP contribution in [0.15, 0.2) is 15.9 Å². The molecule has 1 aromatic rings. The topological polar surface area (TPSA) is 15.3 Å². The van der Waals surface area contributed by atoms with E-state index in [4.69, 9.17) is 0 Å². The highest BCUT2D eigenvalue weighted by atomic mass is 79.9. The molecule has 0 spiro atoms. The Morgan fingerprint density at radius 1 is 1.59 bits per heavy atom. The molecule has 1 aromatic heterocycles. The first-order valence-electron chi connectivity index (χ1n) is 6.35. The van der Waals surface area contributed by atoms with Gasteiger partial charge in [0.1, 0.15) is 0 Å². The van der Waals surface area contributed by atoms with Crippen LogP contribution in [0, 0.1) is 0 Å². The third kappa shape index (κ3) is 4.05. The van der Waals surface area contributed by atoms with Gasteiger partial charge in [-0.2, -0.15) is 0 Å². The van der Waals surface area contributed by atoms with Gasteiger partial charge < -0.3 is 5.32 Å². The van der Waals surface area contributed by atoms with Gasteiger partial charge in [0.2, 0.25) is 0 Å². The molecule has 1 saturated heterocycles. The largest absolute Gasteiger partial charge is 0.311 e. The number of nitrogens with zero attached hydrogens (tertiary/aromatic N) is 1. The zero-order valence-electron chi connectivity index (χ0n) is 10.6. The van der Waals surface area contributed by atoms with Gasteiger partial charge in [-0.3, -0.25) is 4.90 Å². The van der Waals surface area contributed by atoms with Gasteiger partial charge in [-0.15, -0.1) is 11.3 Å². The lowest BCUT2D eigenvalue weighted by molar-refractivity contribution is 0.179. The van der Waals surface area contributed by atoms with E-state index in [1.165, 1.54) is 35.3 Å². The van der Waals surface area contributed by atoms with Crippen LogP contribution in [0.4, 0.5) is 0 Å². The molecule has 1 N–H and O–H groups in total. The maximum absolute atomic E-state index is 3.66. The second-order valence-electron chi connectivity index (χ2n) is 5.09. The number of rotatable bonds is 4. The summed E-state index contributed by atoms with van der Waals surface area (Å²) in [7, 11) is 0. The molecule has 2 rings (SSSR count). The van der Waals surface area contributed by atoms with Crippen molar-refractivity contribution >= 4 is 27.3 Å². The molecule has 4 heteroatoms. The first-order valence-corrected chi connectivity index (χ1v) is 8.02. The highest BCUT2D eigenvalue weighted by molar-refractivity contribution is 9.10. The number of hydrogen-bond donors (Lipinski definition) is 1. The van der Waals surface area contributed by atoms with Crippen molar-refractivity contribution in [2.24, 2.45) is 0 Å². The molecule has 0 radical (unpaired) electrons. The summed E-state index contributed by atoms with van der Waals surface area (Å²) in [6.07, 6.45) is 2.63. The maximum Gasteiger partial charge on any atom is 0.0339 e. The van der Waals surface area contributed by atoms with Crippen LogP contribution in [0.1, 0.15) is 31.6 Å². The summed E-state index contributed by atoms with van der Waals surface area (Å²) in [5.41, 5.74) is 0. The van der Waals surface area contributed by atoms with E-state index in [1.807, 2.05) is 11.3 Å². The Bertz CT molecular complexity index is 351. The van der Waals surface area contributed by atoms with Crippen LogP contribution in [0.5, 0.6) is 0 Å². The minimum Gasteiger partial charge on any atom is -0.311 e. The molecule has 1 fully saturated rings. The summed E-state index contributed by atoms with van der Waals surface area (Å²) in [5, 5.41) is 5.82. The lowest BCUT2D eigenvalue weighted by atomic mass is 10.0. The first-order chi connectivity index (χ1) is 8.15. The Kier molecular flexibility index (Phi) is 5.03. The van der Waals surface area contributed by atoms with Crippen LogP contribution in [0.3, 0.4) is 0 Å². The second kappa shape index (κ2) is 6.32. The van der Waals surface area contributed by atoms with Gasteiger partial charge in [0.25, 0.3) is 0 Å². The van der Waals surface area contributed by atoms with Crippen molar-refractivity contribution in [3.8, 4) is 0 Å². The van der Waals surface area contributed by atoms with Crippen molar-refractivity contribution in [3.63, 3.8) is 0 Å². The smallest absolute Gasteiger partial charge is 0.0339 e. The quantitative estimate of drug-likeness (QED) is 0.915. The van der Waals surface area contributed by atoms with Gasteiger partial charge >= 0.3 is 0 Å². The van der Waals surface area contributed by atoms with E-state index in [9.17, 15) is 0 Å². The average molecular weight is 317 g/mol. The molecule has 2 heterocycles. The summed E-state index contributed by atoms with van der Waals surface area (Å²) < 4.78 is 1.27. The standard InChI is InChI=1S/C13H21BrN2S/c1-10(2)15-11-4-3-6-16(8-11)9-13-12(14)5-7-17-13/h5,7,10-11,15H,3-4,6,8-9H2,1-2H3. The molecule has 0 amide bonds. The Labute approximate surface area is 117 Å².